The number of anilines is 1. The molecular weight excluding hydrogens is 249 g/mol. The van der Waals surface area contributed by atoms with Crippen molar-refractivity contribution in [3.63, 3.8) is 0 Å². The Labute approximate surface area is 112 Å². The summed E-state index contributed by atoms with van der Waals surface area (Å²) in [5, 5.41) is 3.61. The number of rotatable bonds is 4. The van der Waals surface area contributed by atoms with Crippen LogP contribution in [0.3, 0.4) is 0 Å². The molecule has 0 aliphatic heterocycles. The lowest BCUT2D eigenvalue weighted by molar-refractivity contribution is 0.628. The van der Waals surface area contributed by atoms with Gasteiger partial charge in [0, 0.05) is 17.3 Å². The summed E-state index contributed by atoms with van der Waals surface area (Å²) in [5.74, 6) is 0.0330. The van der Waals surface area contributed by atoms with Gasteiger partial charge in [0.1, 0.15) is 5.82 Å². The minimum absolute atomic E-state index is 0.322. The van der Waals surface area contributed by atoms with Gasteiger partial charge in [0.05, 0.1) is 0 Å². The first-order chi connectivity index (χ1) is 8.65. The number of hydrogen-bond acceptors (Lipinski definition) is 1. The summed E-state index contributed by atoms with van der Waals surface area (Å²) >= 11 is 5.80. The average Bonchev–Trinajstić information content (AvgIpc) is 2.36. The van der Waals surface area contributed by atoms with Crippen LogP contribution in [-0.2, 0) is 0 Å². The van der Waals surface area contributed by atoms with Gasteiger partial charge in [-0.2, -0.15) is 0 Å². The van der Waals surface area contributed by atoms with Gasteiger partial charge in [0.2, 0.25) is 0 Å². The van der Waals surface area contributed by atoms with Crippen LogP contribution < -0.4 is 5.32 Å². The van der Waals surface area contributed by atoms with Crippen molar-refractivity contribution in [1.82, 2.24) is 0 Å². The number of nitrogens with one attached hydrogen (secondary N) is 1. The van der Waals surface area contributed by atoms with Gasteiger partial charge in [-0.1, -0.05) is 48.9 Å². The molecule has 2 aromatic rings. The van der Waals surface area contributed by atoms with E-state index in [1.807, 2.05) is 18.2 Å². The molecule has 94 valence electrons. The average molecular weight is 264 g/mol. The molecule has 0 fully saturated rings. The second-order valence-corrected chi connectivity index (χ2v) is 4.79. The monoisotopic (exact) mass is 263 g/mol. The molecule has 2 rings (SSSR count). The van der Waals surface area contributed by atoms with Gasteiger partial charge in [0.25, 0.3) is 0 Å². The van der Waals surface area contributed by atoms with E-state index < -0.39 is 0 Å². The first-order valence-electron chi connectivity index (χ1n) is 5.90. The molecule has 1 unspecified atom stereocenters. The van der Waals surface area contributed by atoms with E-state index in [4.69, 9.17) is 11.6 Å². The lowest BCUT2D eigenvalue weighted by Gasteiger charge is -2.14. The maximum absolute atomic E-state index is 13.2. The Morgan fingerprint density at radius 3 is 2.56 bits per heavy atom. The van der Waals surface area contributed by atoms with E-state index in [1.165, 1.54) is 17.7 Å². The number of benzene rings is 2. The Balaban J connectivity index is 1.99. The van der Waals surface area contributed by atoms with Crippen LogP contribution in [0.5, 0.6) is 0 Å². The molecule has 0 bridgehead atoms. The summed E-state index contributed by atoms with van der Waals surface area (Å²) in [6.07, 6.45) is 0. The molecule has 2 aromatic carbocycles. The summed E-state index contributed by atoms with van der Waals surface area (Å²) in [5.41, 5.74) is 1.97. The molecule has 1 atom stereocenters. The van der Waals surface area contributed by atoms with E-state index in [2.05, 4.69) is 24.4 Å². The Kier molecular flexibility index (Phi) is 4.21. The van der Waals surface area contributed by atoms with Crippen LogP contribution >= 0.6 is 11.6 Å². The molecular formula is C15H15ClFN. The minimum Gasteiger partial charge on any atom is -0.384 e. The zero-order valence-electron chi connectivity index (χ0n) is 10.2. The molecule has 0 heterocycles. The van der Waals surface area contributed by atoms with Crippen molar-refractivity contribution < 1.29 is 4.39 Å². The number of hydrogen-bond donors (Lipinski definition) is 1. The van der Waals surface area contributed by atoms with E-state index in [0.29, 0.717) is 16.6 Å². The van der Waals surface area contributed by atoms with Gasteiger partial charge < -0.3 is 5.32 Å². The van der Waals surface area contributed by atoms with Crippen molar-refractivity contribution in [2.75, 3.05) is 11.9 Å². The van der Waals surface area contributed by atoms with E-state index in [9.17, 15) is 4.39 Å². The van der Waals surface area contributed by atoms with Crippen LogP contribution in [0.25, 0.3) is 0 Å². The van der Waals surface area contributed by atoms with Crippen molar-refractivity contribution in [3.8, 4) is 0 Å². The van der Waals surface area contributed by atoms with Crippen molar-refractivity contribution in [3.05, 3.63) is 64.9 Å². The molecule has 18 heavy (non-hydrogen) atoms. The van der Waals surface area contributed by atoms with Crippen molar-refractivity contribution in [1.29, 1.82) is 0 Å². The molecule has 1 N–H and O–H groups in total. The second kappa shape index (κ2) is 5.87. The van der Waals surface area contributed by atoms with Gasteiger partial charge in [-0.05, 0) is 29.7 Å². The normalized spacial score (nSPS) is 12.2. The lowest BCUT2D eigenvalue weighted by atomic mass is 10.0. The van der Waals surface area contributed by atoms with E-state index in [-0.39, 0.29) is 5.82 Å². The Hall–Kier alpha value is -1.54. The van der Waals surface area contributed by atoms with Crippen molar-refractivity contribution in [2.24, 2.45) is 0 Å². The lowest BCUT2D eigenvalue weighted by Crippen LogP contribution is -2.09. The fourth-order valence-electron chi connectivity index (χ4n) is 1.83. The summed E-state index contributed by atoms with van der Waals surface area (Å²) in [6, 6.07) is 14.7. The van der Waals surface area contributed by atoms with E-state index in [0.717, 1.165) is 6.54 Å². The first-order valence-corrected chi connectivity index (χ1v) is 6.28. The molecule has 0 aromatic heterocycles. The summed E-state index contributed by atoms with van der Waals surface area (Å²) in [4.78, 5) is 0. The van der Waals surface area contributed by atoms with Crippen LogP contribution in [0.15, 0.2) is 48.5 Å². The predicted molar refractivity (Wildman–Crippen MR) is 74.8 cm³/mol. The van der Waals surface area contributed by atoms with Crippen LogP contribution in [0.4, 0.5) is 10.1 Å². The Morgan fingerprint density at radius 1 is 1.17 bits per heavy atom. The second-order valence-electron chi connectivity index (χ2n) is 4.35. The van der Waals surface area contributed by atoms with Gasteiger partial charge in [-0.15, -0.1) is 0 Å². The Bertz CT molecular complexity index is 493. The number of halogens is 2. The maximum Gasteiger partial charge on any atom is 0.126 e. The van der Waals surface area contributed by atoms with Crippen molar-refractivity contribution in [2.45, 2.75) is 12.8 Å². The molecule has 0 aliphatic rings. The highest BCUT2D eigenvalue weighted by Crippen LogP contribution is 2.20. The van der Waals surface area contributed by atoms with Crippen LogP contribution in [0.1, 0.15) is 18.4 Å². The quantitative estimate of drug-likeness (QED) is 0.843. The standard InChI is InChI=1S/C15H15ClFN/c1-11(12-5-3-2-4-6-12)10-18-15-8-13(16)7-14(17)9-15/h2-9,11,18H,10H2,1H3. The van der Waals surface area contributed by atoms with Crippen LogP contribution in [0.2, 0.25) is 5.02 Å². The van der Waals surface area contributed by atoms with Crippen LogP contribution in [-0.4, -0.2) is 6.54 Å². The highest BCUT2D eigenvalue weighted by atomic mass is 35.5. The summed E-state index contributed by atoms with van der Waals surface area (Å²) in [6.45, 7) is 2.87. The van der Waals surface area contributed by atoms with Gasteiger partial charge in [-0.3, -0.25) is 0 Å². The van der Waals surface area contributed by atoms with Gasteiger partial charge >= 0.3 is 0 Å². The minimum atomic E-state index is -0.322. The zero-order valence-corrected chi connectivity index (χ0v) is 10.9. The molecule has 0 aliphatic carbocycles. The largest absolute Gasteiger partial charge is 0.384 e. The van der Waals surface area contributed by atoms with Crippen LogP contribution in [0, 0.1) is 5.82 Å². The third-order valence-corrected chi connectivity index (χ3v) is 3.06. The summed E-state index contributed by atoms with van der Waals surface area (Å²) in [7, 11) is 0. The fourth-order valence-corrected chi connectivity index (χ4v) is 2.05. The summed E-state index contributed by atoms with van der Waals surface area (Å²) < 4.78 is 13.2. The molecule has 1 nitrogen and oxygen atoms in total. The highest BCUT2D eigenvalue weighted by Gasteiger charge is 2.05. The predicted octanol–water partition coefficient (Wildman–Crippen LogP) is 4.69. The van der Waals surface area contributed by atoms with E-state index >= 15 is 0 Å². The fraction of sp³-hybridized carbons (Fsp3) is 0.200. The Morgan fingerprint density at radius 2 is 1.89 bits per heavy atom. The SMILES string of the molecule is CC(CNc1cc(F)cc(Cl)c1)c1ccccc1. The maximum atomic E-state index is 13.2. The van der Waals surface area contributed by atoms with Gasteiger partial charge in [-0.25, -0.2) is 4.39 Å². The van der Waals surface area contributed by atoms with Gasteiger partial charge in [0.15, 0.2) is 0 Å². The molecule has 0 spiro atoms. The van der Waals surface area contributed by atoms with E-state index in [1.54, 1.807) is 6.07 Å². The first kappa shape index (κ1) is 12.9. The third kappa shape index (κ3) is 3.47. The molecule has 0 saturated carbocycles. The third-order valence-electron chi connectivity index (χ3n) is 2.84. The van der Waals surface area contributed by atoms with Crippen molar-refractivity contribution >= 4 is 17.3 Å². The molecule has 0 saturated heterocycles. The highest BCUT2D eigenvalue weighted by molar-refractivity contribution is 6.30. The molecule has 0 amide bonds. The molecule has 3 heteroatoms. The zero-order chi connectivity index (χ0) is 13.0. The topological polar surface area (TPSA) is 12.0 Å². The molecule has 0 radical (unpaired) electrons. The smallest absolute Gasteiger partial charge is 0.126 e.